The van der Waals surface area contributed by atoms with E-state index in [0.717, 1.165) is 10.1 Å². The van der Waals surface area contributed by atoms with Crippen LogP contribution in [0.25, 0.3) is 0 Å². The average Bonchev–Trinajstić information content (AvgIpc) is 2.48. The van der Waals surface area contributed by atoms with Crippen molar-refractivity contribution in [1.82, 2.24) is 9.13 Å². The lowest BCUT2D eigenvalue weighted by Gasteiger charge is -2.16. The smallest absolute Gasteiger partial charge is 0.281 e. The van der Waals surface area contributed by atoms with E-state index in [1.165, 1.54) is 28.3 Å². The van der Waals surface area contributed by atoms with Gasteiger partial charge in [0, 0.05) is 27.2 Å². The van der Waals surface area contributed by atoms with E-state index in [2.05, 4.69) is 5.10 Å². The zero-order chi connectivity index (χ0) is 15.6. The molecule has 2 rings (SSSR count). The Labute approximate surface area is 122 Å². The third-order valence-corrected chi connectivity index (χ3v) is 3.29. The van der Waals surface area contributed by atoms with Crippen LogP contribution in [-0.2, 0) is 14.1 Å². The van der Waals surface area contributed by atoms with Gasteiger partial charge >= 0.3 is 5.69 Å². The highest BCUT2D eigenvalue weighted by atomic mass is 16.2. The van der Waals surface area contributed by atoms with Gasteiger partial charge in [-0.1, -0.05) is 29.8 Å². The van der Waals surface area contributed by atoms with Gasteiger partial charge in [0.25, 0.3) is 5.56 Å². The molecule has 0 amide bonds. The number of hydrazone groups is 1. The summed E-state index contributed by atoms with van der Waals surface area (Å²) in [7, 11) is 4.75. The molecular formula is C15H18N4O2. The van der Waals surface area contributed by atoms with Gasteiger partial charge in [-0.15, -0.1) is 0 Å². The Morgan fingerprint density at radius 2 is 1.71 bits per heavy atom. The molecule has 21 heavy (non-hydrogen) atoms. The highest BCUT2D eigenvalue weighted by Crippen LogP contribution is 2.07. The Bertz CT molecular complexity index is 785. The van der Waals surface area contributed by atoms with Crippen LogP contribution < -0.4 is 16.3 Å². The second kappa shape index (κ2) is 5.78. The van der Waals surface area contributed by atoms with Gasteiger partial charge in [0.1, 0.15) is 5.82 Å². The summed E-state index contributed by atoms with van der Waals surface area (Å²) in [5.41, 5.74) is 1.39. The van der Waals surface area contributed by atoms with Crippen LogP contribution in [0.15, 0.2) is 45.0 Å². The van der Waals surface area contributed by atoms with Crippen LogP contribution in [0.4, 0.5) is 5.82 Å². The Balaban J connectivity index is 2.33. The standard InChI is InChI=1S/C15H18N4O2/c1-11-5-7-12(8-6-11)10-16-19(4)13-9-14(20)18(3)15(21)17(13)2/h5-10H,1-4H3/b16-10+. The molecule has 0 spiro atoms. The molecule has 0 radical (unpaired) electrons. The van der Waals surface area contributed by atoms with Crippen molar-refractivity contribution in [2.75, 3.05) is 12.1 Å². The number of benzene rings is 1. The molecule has 0 saturated heterocycles. The predicted molar refractivity (Wildman–Crippen MR) is 84.1 cm³/mol. The second-order valence-corrected chi connectivity index (χ2v) is 4.92. The molecule has 0 fully saturated rings. The van der Waals surface area contributed by atoms with Gasteiger partial charge in [-0.25, -0.2) is 4.79 Å². The predicted octanol–water partition coefficient (Wildman–Crippen LogP) is 0.863. The zero-order valence-corrected chi connectivity index (χ0v) is 12.6. The van der Waals surface area contributed by atoms with Gasteiger partial charge < -0.3 is 0 Å². The van der Waals surface area contributed by atoms with Crippen LogP contribution in [0.2, 0.25) is 0 Å². The molecule has 6 heteroatoms. The minimum absolute atomic E-state index is 0.356. The number of hydrogen-bond donors (Lipinski definition) is 0. The van der Waals surface area contributed by atoms with Crippen molar-refractivity contribution >= 4 is 12.0 Å². The number of anilines is 1. The van der Waals surface area contributed by atoms with Crippen molar-refractivity contribution in [3.63, 3.8) is 0 Å². The average molecular weight is 286 g/mol. The van der Waals surface area contributed by atoms with E-state index in [1.54, 1.807) is 20.3 Å². The van der Waals surface area contributed by atoms with Gasteiger partial charge in [0.2, 0.25) is 0 Å². The minimum Gasteiger partial charge on any atom is -0.281 e. The van der Waals surface area contributed by atoms with Crippen LogP contribution in [0.3, 0.4) is 0 Å². The fourth-order valence-electron chi connectivity index (χ4n) is 1.90. The summed E-state index contributed by atoms with van der Waals surface area (Å²) in [6.45, 7) is 2.02. The van der Waals surface area contributed by atoms with Crippen molar-refractivity contribution in [3.8, 4) is 0 Å². The molecule has 0 unspecified atom stereocenters. The van der Waals surface area contributed by atoms with E-state index >= 15 is 0 Å². The van der Waals surface area contributed by atoms with Gasteiger partial charge in [0.15, 0.2) is 0 Å². The monoisotopic (exact) mass is 286 g/mol. The third-order valence-electron chi connectivity index (χ3n) is 3.29. The van der Waals surface area contributed by atoms with Crippen LogP contribution in [0.5, 0.6) is 0 Å². The maximum Gasteiger partial charge on any atom is 0.332 e. The molecule has 0 aliphatic heterocycles. The number of aryl methyl sites for hydroxylation is 1. The summed E-state index contributed by atoms with van der Waals surface area (Å²) < 4.78 is 2.44. The lowest BCUT2D eigenvalue weighted by atomic mass is 10.2. The van der Waals surface area contributed by atoms with E-state index in [9.17, 15) is 9.59 Å². The van der Waals surface area contributed by atoms with E-state index in [0.29, 0.717) is 5.82 Å². The summed E-state index contributed by atoms with van der Waals surface area (Å²) in [6.07, 6.45) is 1.68. The molecule has 2 aromatic rings. The first-order chi connectivity index (χ1) is 9.90. The van der Waals surface area contributed by atoms with Crippen LogP contribution >= 0.6 is 0 Å². The fraction of sp³-hybridized carbons (Fsp3) is 0.267. The summed E-state index contributed by atoms with van der Waals surface area (Å²) in [5, 5.41) is 5.77. The molecule has 0 aliphatic rings. The molecule has 1 heterocycles. The highest BCUT2D eigenvalue weighted by Gasteiger charge is 2.08. The summed E-state index contributed by atoms with van der Waals surface area (Å²) in [5.74, 6) is 0.437. The largest absolute Gasteiger partial charge is 0.332 e. The second-order valence-electron chi connectivity index (χ2n) is 4.92. The third kappa shape index (κ3) is 3.10. The molecular weight excluding hydrogens is 268 g/mol. The van der Waals surface area contributed by atoms with Crippen molar-refractivity contribution in [1.29, 1.82) is 0 Å². The van der Waals surface area contributed by atoms with Crippen molar-refractivity contribution in [3.05, 3.63) is 62.3 Å². The first kappa shape index (κ1) is 14.8. The van der Waals surface area contributed by atoms with Crippen molar-refractivity contribution in [2.45, 2.75) is 6.92 Å². The first-order valence-corrected chi connectivity index (χ1v) is 6.51. The lowest BCUT2D eigenvalue weighted by molar-refractivity contribution is 0.676. The maximum absolute atomic E-state index is 11.9. The van der Waals surface area contributed by atoms with Crippen LogP contribution in [0, 0.1) is 6.92 Å². The summed E-state index contributed by atoms with van der Waals surface area (Å²) >= 11 is 0. The number of aromatic nitrogens is 2. The normalized spacial score (nSPS) is 11.0. The lowest BCUT2D eigenvalue weighted by Crippen LogP contribution is -2.38. The number of nitrogens with zero attached hydrogens (tertiary/aromatic N) is 4. The van der Waals surface area contributed by atoms with Crippen LogP contribution in [0.1, 0.15) is 11.1 Å². The molecule has 1 aromatic carbocycles. The summed E-state index contributed by atoms with van der Waals surface area (Å²) in [4.78, 5) is 23.6. The number of hydrogen-bond acceptors (Lipinski definition) is 4. The molecule has 0 atom stereocenters. The zero-order valence-electron chi connectivity index (χ0n) is 12.6. The highest BCUT2D eigenvalue weighted by molar-refractivity contribution is 5.80. The molecule has 110 valence electrons. The Morgan fingerprint density at radius 1 is 1.10 bits per heavy atom. The quantitative estimate of drug-likeness (QED) is 0.621. The first-order valence-electron chi connectivity index (χ1n) is 6.51. The van der Waals surface area contributed by atoms with E-state index in [1.807, 2.05) is 31.2 Å². The van der Waals surface area contributed by atoms with E-state index in [4.69, 9.17) is 0 Å². The van der Waals surface area contributed by atoms with Gasteiger partial charge in [0.05, 0.1) is 6.21 Å². The number of rotatable bonds is 3. The molecule has 0 N–H and O–H groups in total. The molecule has 6 nitrogen and oxygen atoms in total. The van der Waals surface area contributed by atoms with E-state index < -0.39 is 0 Å². The maximum atomic E-state index is 11.9. The topological polar surface area (TPSA) is 59.6 Å². The molecule has 0 aliphatic carbocycles. The van der Waals surface area contributed by atoms with Gasteiger partial charge in [-0.2, -0.15) is 5.10 Å². The van der Waals surface area contributed by atoms with Gasteiger partial charge in [-0.3, -0.25) is 18.9 Å². The van der Waals surface area contributed by atoms with Crippen LogP contribution in [-0.4, -0.2) is 22.4 Å². The van der Waals surface area contributed by atoms with Crippen molar-refractivity contribution < 1.29 is 0 Å². The molecule has 0 saturated carbocycles. The van der Waals surface area contributed by atoms with Gasteiger partial charge in [-0.05, 0) is 12.5 Å². The van der Waals surface area contributed by atoms with Crippen molar-refractivity contribution in [2.24, 2.45) is 19.2 Å². The SMILES string of the molecule is Cc1ccc(/C=N/N(C)c2cc(=O)n(C)c(=O)n2C)cc1. The summed E-state index contributed by atoms with van der Waals surface area (Å²) in [6, 6.07) is 9.28. The Kier molecular flexibility index (Phi) is 4.07. The molecule has 0 bridgehead atoms. The fourth-order valence-corrected chi connectivity index (χ4v) is 1.90. The van der Waals surface area contributed by atoms with E-state index in [-0.39, 0.29) is 11.2 Å². The minimum atomic E-state index is -0.380. The Morgan fingerprint density at radius 3 is 2.33 bits per heavy atom. The Hall–Kier alpha value is -2.63. The molecule has 1 aromatic heterocycles.